The minimum atomic E-state index is -0.743. The molecule has 2 aliphatic rings. The Balaban J connectivity index is 0.000000197. The maximum Gasteiger partial charge on any atom is 0.231 e. The number of para-hydroxylation sites is 1. The van der Waals surface area contributed by atoms with Crippen LogP contribution in [0.25, 0.3) is 0 Å². The molecule has 3 aromatic carbocycles. The van der Waals surface area contributed by atoms with E-state index in [-0.39, 0.29) is 5.25 Å². The molecule has 5 nitrogen and oxygen atoms in total. The van der Waals surface area contributed by atoms with Crippen molar-refractivity contribution in [3.05, 3.63) is 71.2 Å². The van der Waals surface area contributed by atoms with Gasteiger partial charge in [0.15, 0.2) is 11.5 Å². The zero-order valence-corrected chi connectivity index (χ0v) is 28.5. The van der Waals surface area contributed by atoms with Gasteiger partial charge in [0, 0.05) is 27.8 Å². The lowest BCUT2D eigenvalue weighted by molar-refractivity contribution is 0.174. The summed E-state index contributed by atoms with van der Waals surface area (Å²) in [4.78, 5) is 7.22. The Bertz CT molecular complexity index is 1290. The van der Waals surface area contributed by atoms with Gasteiger partial charge in [-0.15, -0.1) is 0 Å². The lowest BCUT2D eigenvalue weighted by Crippen LogP contribution is -2.25. The molecule has 0 aromatic heterocycles. The van der Waals surface area contributed by atoms with Crippen molar-refractivity contribution in [1.29, 1.82) is 0 Å². The first-order valence-corrected chi connectivity index (χ1v) is 18.2. The van der Waals surface area contributed by atoms with Gasteiger partial charge in [0.05, 0.1) is 11.4 Å². The number of halogens is 1. The number of fused-ring (bicyclic) bond motifs is 3. The topological polar surface area (TPSA) is 48.0 Å². The first kappa shape index (κ1) is 33.9. The summed E-state index contributed by atoms with van der Waals surface area (Å²) in [5.74, 6) is 2.45. The van der Waals surface area contributed by atoms with Crippen molar-refractivity contribution >= 4 is 45.9 Å². The highest BCUT2D eigenvalue weighted by Gasteiger charge is 2.23. The van der Waals surface area contributed by atoms with Gasteiger partial charge in [0.25, 0.3) is 0 Å². The molecule has 0 saturated heterocycles. The number of unbranched alkanes of at least 4 members (excludes halogenated alkanes) is 5. The second kappa shape index (κ2) is 17.5. The summed E-state index contributed by atoms with van der Waals surface area (Å²) in [7, 11) is 4.23. The molecule has 2 aliphatic heterocycles. The van der Waals surface area contributed by atoms with Crippen LogP contribution >= 0.6 is 23.4 Å². The molecule has 0 radical (unpaired) electrons. The number of ether oxygens (including phenoxy) is 2. The van der Waals surface area contributed by atoms with Gasteiger partial charge in [0.1, 0.15) is 11.0 Å². The summed E-state index contributed by atoms with van der Waals surface area (Å²) in [6.45, 7) is 6.70. The van der Waals surface area contributed by atoms with Crippen LogP contribution in [0.5, 0.6) is 11.5 Å². The molecule has 0 saturated carbocycles. The van der Waals surface area contributed by atoms with Crippen LogP contribution in [0.2, 0.25) is 5.02 Å². The van der Waals surface area contributed by atoms with E-state index >= 15 is 0 Å². The van der Waals surface area contributed by atoms with Gasteiger partial charge in [0.2, 0.25) is 6.79 Å². The first-order chi connectivity index (χ1) is 20.9. The third-order valence-electron chi connectivity index (χ3n) is 7.68. The predicted octanol–water partition coefficient (Wildman–Crippen LogP) is 9.35. The molecule has 2 unspecified atom stereocenters. The van der Waals surface area contributed by atoms with E-state index in [4.69, 9.17) is 21.1 Å². The Morgan fingerprint density at radius 1 is 0.907 bits per heavy atom. The second-order valence-electron chi connectivity index (χ2n) is 11.5. The molecule has 2 atom stereocenters. The number of rotatable bonds is 14. The maximum atomic E-state index is 12.3. The zero-order chi connectivity index (χ0) is 30.6. The lowest BCUT2D eigenvalue weighted by atomic mass is 10.1. The fourth-order valence-electron chi connectivity index (χ4n) is 5.31. The quantitative estimate of drug-likeness (QED) is 0.129. The van der Waals surface area contributed by atoms with Crippen molar-refractivity contribution in [3.8, 4) is 11.5 Å². The van der Waals surface area contributed by atoms with Gasteiger partial charge in [-0.05, 0) is 94.9 Å². The summed E-state index contributed by atoms with van der Waals surface area (Å²) in [6, 6.07) is 20.8. The minimum Gasteiger partial charge on any atom is -0.616 e. The molecule has 3 aromatic rings. The van der Waals surface area contributed by atoms with Gasteiger partial charge in [-0.1, -0.05) is 85.3 Å². The fraction of sp³-hybridized carbons (Fsp3) is 0.486. The Kier molecular flexibility index (Phi) is 13.7. The van der Waals surface area contributed by atoms with Crippen LogP contribution in [-0.2, 0) is 17.6 Å². The van der Waals surface area contributed by atoms with Crippen LogP contribution in [0.1, 0.15) is 64.4 Å². The van der Waals surface area contributed by atoms with Gasteiger partial charge in [-0.3, -0.25) is 0 Å². The van der Waals surface area contributed by atoms with Crippen LogP contribution < -0.4 is 14.4 Å². The minimum absolute atomic E-state index is 0.191. The largest absolute Gasteiger partial charge is 0.616 e. The van der Waals surface area contributed by atoms with E-state index in [2.05, 4.69) is 74.1 Å². The summed E-state index contributed by atoms with van der Waals surface area (Å²) in [6.07, 6.45) is 9.45. The van der Waals surface area contributed by atoms with Crippen molar-refractivity contribution < 1.29 is 14.0 Å². The van der Waals surface area contributed by atoms with Gasteiger partial charge < -0.3 is 23.8 Å². The fourth-order valence-corrected chi connectivity index (χ4v) is 7.82. The highest BCUT2D eigenvalue weighted by molar-refractivity contribution is 7.99. The van der Waals surface area contributed by atoms with E-state index in [9.17, 15) is 4.55 Å². The third kappa shape index (κ3) is 10.3. The van der Waals surface area contributed by atoms with E-state index in [1.54, 1.807) is 0 Å². The molecule has 0 N–H and O–H groups in total. The first-order valence-electron chi connectivity index (χ1n) is 15.6. The molecule has 0 aliphatic carbocycles. The average Bonchev–Trinajstić information content (AvgIpc) is 3.47. The van der Waals surface area contributed by atoms with Crippen LogP contribution in [0.3, 0.4) is 0 Å². The predicted molar refractivity (Wildman–Crippen MR) is 184 cm³/mol. The Morgan fingerprint density at radius 3 is 2.47 bits per heavy atom. The summed E-state index contributed by atoms with van der Waals surface area (Å²) in [5, 5.41) is 0.988. The summed E-state index contributed by atoms with van der Waals surface area (Å²) < 4.78 is 23.0. The SMILES string of the molecule is CCCCCCCC[S+]([O-])C(C)Cc1ccc2c(c1)OCO2.CN(C)CCCN1c2ccccc2Sc2ccc(Cl)cc21. The Labute approximate surface area is 271 Å². The molecule has 0 bridgehead atoms. The third-order valence-corrected chi connectivity index (χ3v) is 10.8. The van der Waals surface area contributed by atoms with Crippen molar-refractivity contribution in [2.45, 2.75) is 80.3 Å². The van der Waals surface area contributed by atoms with Crippen LogP contribution in [0.15, 0.2) is 70.5 Å². The van der Waals surface area contributed by atoms with Gasteiger partial charge >= 0.3 is 0 Å². The molecule has 0 spiro atoms. The van der Waals surface area contributed by atoms with Crippen molar-refractivity contribution in [2.75, 3.05) is 44.6 Å². The molecular formula is C35H47ClN2O3S2. The normalized spacial score (nSPS) is 14.5. The summed E-state index contributed by atoms with van der Waals surface area (Å²) >= 11 is 7.29. The zero-order valence-electron chi connectivity index (χ0n) is 26.1. The van der Waals surface area contributed by atoms with Crippen molar-refractivity contribution in [2.24, 2.45) is 0 Å². The molecule has 234 valence electrons. The molecular weight excluding hydrogens is 596 g/mol. The Hall–Kier alpha value is -2.03. The number of nitrogens with zero attached hydrogens (tertiary/aromatic N) is 2. The highest BCUT2D eigenvalue weighted by Crippen LogP contribution is 2.48. The molecule has 43 heavy (non-hydrogen) atoms. The average molecular weight is 643 g/mol. The molecule has 8 heteroatoms. The number of hydrogen-bond acceptors (Lipinski definition) is 6. The number of anilines is 2. The van der Waals surface area contributed by atoms with Gasteiger partial charge in [-0.25, -0.2) is 0 Å². The highest BCUT2D eigenvalue weighted by atomic mass is 35.5. The van der Waals surface area contributed by atoms with E-state index in [0.29, 0.717) is 6.79 Å². The van der Waals surface area contributed by atoms with Crippen molar-refractivity contribution in [3.63, 3.8) is 0 Å². The van der Waals surface area contributed by atoms with E-state index in [1.165, 1.54) is 58.8 Å². The molecule has 5 rings (SSSR count). The molecule has 2 heterocycles. The van der Waals surface area contributed by atoms with Crippen LogP contribution in [0.4, 0.5) is 11.4 Å². The summed E-state index contributed by atoms with van der Waals surface area (Å²) in [5.41, 5.74) is 3.69. The standard InChI is InChI=1S/C18H28O3S.C17H19ClN2S/c1-3-4-5-6-7-8-11-22(19)15(2)12-16-9-10-17-18(13-16)21-14-20-17;1-19(2)10-5-11-20-14-6-3-4-7-16(14)21-17-9-8-13(18)12-15(17)20/h9-10,13,15H,3-8,11-12,14H2,1-2H3;3-4,6-9,12H,5,10-11H2,1-2H3. The molecule has 0 fully saturated rings. The van der Waals surface area contributed by atoms with Crippen LogP contribution in [0, 0.1) is 0 Å². The number of benzene rings is 3. The maximum absolute atomic E-state index is 12.3. The lowest BCUT2D eigenvalue weighted by Gasteiger charge is -2.33. The van der Waals surface area contributed by atoms with Crippen molar-refractivity contribution in [1.82, 2.24) is 4.90 Å². The second-order valence-corrected chi connectivity index (χ2v) is 15.0. The van der Waals surface area contributed by atoms with E-state index in [0.717, 1.165) is 54.6 Å². The van der Waals surface area contributed by atoms with Gasteiger partial charge in [-0.2, -0.15) is 0 Å². The molecule has 0 amide bonds. The Morgan fingerprint density at radius 2 is 1.65 bits per heavy atom. The smallest absolute Gasteiger partial charge is 0.231 e. The van der Waals surface area contributed by atoms with Crippen LogP contribution in [-0.4, -0.2) is 54.4 Å². The monoisotopic (exact) mass is 642 g/mol. The van der Waals surface area contributed by atoms with E-state index < -0.39 is 11.2 Å². The number of hydrogen-bond donors (Lipinski definition) is 0. The van der Waals surface area contributed by atoms with E-state index in [1.807, 2.05) is 36.0 Å².